The standard InChI is InChI=1S/C11H19N3O2/c1-7(2)8(3)12-10(15)9-6-14(4)13-11(9)16-5/h6-8H,1-5H3,(H,12,15)/t8-/m1/s1. The second kappa shape index (κ2) is 5.01. The van der Waals surface area contributed by atoms with E-state index in [0.717, 1.165) is 0 Å². The molecular formula is C11H19N3O2. The number of ether oxygens (including phenoxy) is 1. The highest BCUT2D eigenvalue weighted by atomic mass is 16.5. The number of hydrogen-bond acceptors (Lipinski definition) is 3. The highest BCUT2D eigenvalue weighted by Crippen LogP contribution is 2.15. The van der Waals surface area contributed by atoms with Crippen molar-refractivity contribution in [1.82, 2.24) is 15.1 Å². The van der Waals surface area contributed by atoms with Gasteiger partial charge in [0, 0.05) is 19.3 Å². The van der Waals surface area contributed by atoms with E-state index >= 15 is 0 Å². The van der Waals surface area contributed by atoms with Crippen molar-refractivity contribution in [3.8, 4) is 5.88 Å². The van der Waals surface area contributed by atoms with E-state index < -0.39 is 0 Å². The summed E-state index contributed by atoms with van der Waals surface area (Å²) >= 11 is 0. The molecule has 0 saturated heterocycles. The normalized spacial score (nSPS) is 12.6. The number of aromatic nitrogens is 2. The van der Waals surface area contributed by atoms with Crippen LogP contribution in [0.1, 0.15) is 31.1 Å². The Labute approximate surface area is 95.8 Å². The fourth-order valence-electron chi connectivity index (χ4n) is 1.23. The summed E-state index contributed by atoms with van der Waals surface area (Å²) in [6.45, 7) is 6.10. The fraction of sp³-hybridized carbons (Fsp3) is 0.636. The third-order valence-corrected chi connectivity index (χ3v) is 2.59. The molecule has 0 spiro atoms. The van der Waals surface area contributed by atoms with E-state index in [-0.39, 0.29) is 11.9 Å². The predicted molar refractivity (Wildman–Crippen MR) is 61.5 cm³/mol. The topological polar surface area (TPSA) is 56.2 Å². The minimum Gasteiger partial charge on any atom is -0.479 e. The third kappa shape index (κ3) is 2.74. The van der Waals surface area contributed by atoms with E-state index in [1.165, 1.54) is 7.11 Å². The minimum atomic E-state index is -0.147. The van der Waals surface area contributed by atoms with Crippen LogP contribution in [-0.2, 0) is 7.05 Å². The highest BCUT2D eigenvalue weighted by Gasteiger charge is 2.18. The van der Waals surface area contributed by atoms with Crippen molar-refractivity contribution in [1.29, 1.82) is 0 Å². The van der Waals surface area contributed by atoms with Crippen molar-refractivity contribution in [2.24, 2.45) is 13.0 Å². The largest absolute Gasteiger partial charge is 0.479 e. The fourth-order valence-corrected chi connectivity index (χ4v) is 1.23. The molecule has 16 heavy (non-hydrogen) atoms. The average Bonchev–Trinajstić information content (AvgIpc) is 2.59. The molecule has 1 rings (SSSR count). The number of nitrogens with one attached hydrogen (secondary N) is 1. The van der Waals surface area contributed by atoms with Crippen LogP contribution >= 0.6 is 0 Å². The lowest BCUT2D eigenvalue weighted by molar-refractivity contribution is 0.0927. The summed E-state index contributed by atoms with van der Waals surface area (Å²) in [5.74, 6) is 0.605. The molecule has 1 aromatic heterocycles. The molecule has 90 valence electrons. The summed E-state index contributed by atoms with van der Waals surface area (Å²) in [5.41, 5.74) is 0.470. The lowest BCUT2D eigenvalue weighted by atomic mass is 10.1. The molecule has 1 heterocycles. The van der Waals surface area contributed by atoms with E-state index in [2.05, 4.69) is 24.3 Å². The molecule has 0 aliphatic carbocycles. The first kappa shape index (κ1) is 12.5. The summed E-state index contributed by atoms with van der Waals surface area (Å²) in [7, 11) is 3.26. The molecule has 0 aliphatic rings. The van der Waals surface area contributed by atoms with Crippen LogP contribution in [-0.4, -0.2) is 28.8 Å². The third-order valence-electron chi connectivity index (χ3n) is 2.59. The van der Waals surface area contributed by atoms with Gasteiger partial charge in [-0.15, -0.1) is 5.10 Å². The maximum Gasteiger partial charge on any atom is 0.258 e. The molecule has 0 unspecified atom stereocenters. The molecule has 1 amide bonds. The van der Waals surface area contributed by atoms with Gasteiger partial charge in [0.25, 0.3) is 5.91 Å². The molecule has 0 radical (unpaired) electrons. The van der Waals surface area contributed by atoms with Crippen molar-refractivity contribution < 1.29 is 9.53 Å². The molecule has 0 saturated carbocycles. The summed E-state index contributed by atoms with van der Waals surface area (Å²) in [6, 6.07) is 0.123. The van der Waals surface area contributed by atoms with Gasteiger partial charge in [-0.05, 0) is 12.8 Å². The maximum absolute atomic E-state index is 11.9. The lowest BCUT2D eigenvalue weighted by Crippen LogP contribution is -2.36. The van der Waals surface area contributed by atoms with E-state index in [9.17, 15) is 4.79 Å². The predicted octanol–water partition coefficient (Wildman–Crippen LogP) is 1.20. The molecule has 0 fully saturated rings. The Hall–Kier alpha value is -1.52. The van der Waals surface area contributed by atoms with Crippen molar-refractivity contribution in [2.45, 2.75) is 26.8 Å². The summed E-state index contributed by atoms with van der Waals surface area (Å²) in [4.78, 5) is 11.9. The Morgan fingerprint density at radius 3 is 2.62 bits per heavy atom. The second-order valence-electron chi connectivity index (χ2n) is 4.23. The number of nitrogens with zero attached hydrogens (tertiary/aromatic N) is 2. The van der Waals surface area contributed by atoms with E-state index in [0.29, 0.717) is 17.4 Å². The van der Waals surface area contributed by atoms with Gasteiger partial charge in [0.2, 0.25) is 5.88 Å². The van der Waals surface area contributed by atoms with Gasteiger partial charge in [-0.25, -0.2) is 0 Å². The van der Waals surface area contributed by atoms with Crippen LogP contribution in [0.15, 0.2) is 6.20 Å². The van der Waals surface area contributed by atoms with Gasteiger partial charge >= 0.3 is 0 Å². The van der Waals surface area contributed by atoms with Crippen LogP contribution in [0.3, 0.4) is 0 Å². The first-order valence-corrected chi connectivity index (χ1v) is 5.34. The van der Waals surface area contributed by atoms with E-state index in [1.54, 1.807) is 17.9 Å². The van der Waals surface area contributed by atoms with E-state index in [1.807, 2.05) is 6.92 Å². The van der Waals surface area contributed by atoms with Gasteiger partial charge in [-0.2, -0.15) is 0 Å². The van der Waals surface area contributed by atoms with Crippen LogP contribution in [0.4, 0.5) is 0 Å². The Balaban J connectivity index is 2.80. The van der Waals surface area contributed by atoms with Crippen molar-refractivity contribution >= 4 is 5.91 Å². The van der Waals surface area contributed by atoms with Crippen molar-refractivity contribution in [2.75, 3.05) is 7.11 Å². The van der Waals surface area contributed by atoms with Crippen LogP contribution in [0.5, 0.6) is 5.88 Å². The molecule has 1 aromatic rings. The first-order valence-electron chi connectivity index (χ1n) is 5.34. The van der Waals surface area contributed by atoms with Gasteiger partial charge in [0.05, 0.1) is 7.11 Å². The van der Waals surface area contributed by atoms with Crippen LogP contribution < -0.4 is 10.1 Å². The number of carbonyl (C=O) groups excluding carboxylic acids is 1. The lowest BCUT2D eigenvalue weighted by Gasteiger charge is -2.16. The Morgan fingerprint density at radius 2 is 2.12 bits per heavy atom. The Kier molecular flexibility index (Phi) is 3.93. The number of hydrogen-bond donors (Lipinski definition) is 1. The summed E-state index contributed by atoms with van der Waals surface area (Å²) in [6.07, 6.45) is 1.65. The van der Waals surface area contributed by atoms with Gasteiger partial charge < -0.3 is 10.1 Å². The van der Waals surface area contributed by atoms with Crippen molar-refractivity contribution in [3.63, 3.8) is 0 Å². The van der Waals surface area contributed by atoms with Crippen LogP contribution in [0.25, 0.3) is 0 Å². The highest BCUT2D eigenvalue weighted by molar-refractivity contribution is 5.96. The number of methoxy groups -OCH3 is 1. The van der Waals surface area contributed by atoms with Crippen molar-refractivity contribution in [3.05, 3.63) is 11.8 Å². The van der Waals surface area contributed by atoms with E-state index in [4.69, 9.17) is 4.74 Å². The van der Waals surface area contributed by atoms with Crippen LogP contribution in [0.2, 0.25) is 0 Å². The molecular weight excluding hydrogens is 206 g/mol. The average molecular weight is 225 g/mol. The maximum atomic E-state index is 11.9. The SMILES string of the molecule is COc1nn(C)cc1C(=O)N[C@H](C)C(C)C. The number of rotatable bonds is 4. The zero-order valence-electron chi connectivity index (χ0n) is 10.4. The van der Waals surface area contributed by atoms with Gasteiger partial charge in [0.1, 0.15) is 5.56 Å². The summed E-state index contributed by atoms with van der Waals surface area (Å²) < 4.78 is 6.60. The molecule has 5 nitrogen and oxygen atoms in total. The van der Waals surface area contributed by atoms with Gasteiger partial charge in [-0.3, -0.25) is 9.48 Å². The number of carbonyl (C=O) groups is 1. The molecule has 1 N–H and O–H groups in total. The van der Waals surface area contributed by atoms with Gasteiger partial charge in [-0.1, -0.05) is 13.8 Å². The van der Waals surface area contributed by atoms with Gasteiger partial charge in [0.15, 0.2) is 0 Å². The zero-order valence-corrected chi connectivity index (χ0v) is 10.4. The molecule has 1 atom stereocenters. The smallest absolute Gasteiger partial charge is 0.258 e. The summed E-state index contributed by atoms with van der Waals surface area (Å²) in [5, 5.41) is 6.95. The Bertz CT molecular complexity index is 371. The molecule has 0 aliphatic heterocycles. The first-order chi connectivity index (χ1) is 7.45. The Morgan fingerprint density at radius 1 is 1.50 bits per heavy atom. The van der Waals surface area contributed by atoms with Crippen LogP contribution in [0, 0.1) is 5.92 Å². The number of amides is 1. The molecule has 0 aromatic carbocycles. The minimum absolute atomic E-state index is 0.123. The zero-order chi connectivity index (χ0) is 12.3. The molecule has 5 heteroatoms. The second-order valence-corrected chi connectivity index (χ2v) is 4.23. The monoisotopic (exact) mass is 225 g/mol. The number of aryl methyl sites for hydroxylation is 1. The molecule has 0 bridgehead atoms. The quantitative estimate of drug-likeness (QED) is 0.837.